The molecular weight excluding hydrogens is 264 g/mol. The number of para-hydroxylation sites is 1. The molecule has 1 aromatic rings. The number of benzene rings is 1. The van der Waals surface area contributed by atoms with E-state index in [1.807, 2.05) is 52.1 Å². The van der Waals surface area contributed by atoms with Crippen molar-refractivity contribution in [1.29, 1.82) is 0 Å². The summed E-state index contributed by atoms with van der Waals surface area (Å²) < 4.78 is 5.40. The van der Waals surface area contributed by atoms with Crippen molar-refractivity contribution < 1.29 is 9.53 Å². The summed E-state index contributed by atoms with van der Waals surface area (Å²) in [6.07, 6.45) is 1.50. The summed E-state index contributed by atoms with van der Waals surface area (Å²) in [5.74, 6) is 0.907. The predicted octanol–water partition coefficient (Wildman–Crippen LogP) is 2.98. The number of hydrogen-bond donors (Lipinski definition) is 1. The number of nitrogens with zero attached hydrogens (tertiary/aromatic N) is 1. The van der Waals surface area contributed by atoms with E-state index in [0.717, 1.165) is 24.2 Å². The van der Waals surface area contributed by atoms with Crippen LogP contribution in [0.1, 0.15) is 45.2 Å². The molecule has 1 unspecified atom stereocenters. The summed E-state index contributed by atoms with van der Waals surface area (Å²) in [6.45, 7) is 6.44. The Kier molecular flexibility index (Phi) is 6.21. The lowest BCUT2D eigenvalue weighted by atomic mass is 9.80. The van der Waals surface area contributed by atoms with E-state index >= 15 is 0 Å². The first-order chi connectivity index (χ1) is 9.97. The molecule has 118 valence electrons. The summed E-state index contributed by atoms with van der Waals surface area (Å²) >= 11 is 0. The number of hydrogen-bond acceptors (Lipinski definition) is 3. The van der Waals surface area contributed by atoms with Gasteiger partial charge in [-0.3, -0.25) is 4.79 Å². The molecule has 4 nitrogen and oxygen atoms in total. The molecule has 1 amide bonds. The third-order valence-electron chi connectivity index (χ3n) is 4.69. The molecule has 21 heavy (non-hydrogen) atoms. The van der Waals surface area contributed by atoms with Crippen molar-refractivity contribution in [3.63, 3.8) is 0 Å². The van der Waals surface area contributed by atoms with Gasteiger partial charge in [0.1, 0.15) is 5.75 Å². The molecular formula is C17H28N2O2. The Morgan fingerprint density at radius 2 is 1.90 bits per heavy atom. The smallest absolute Gasteiger partial charge is 0.230 e. The highest BCUT2D eigenvalue weighted by Gasteiger charge is 2.37. The van der Waals surface area contributed by atoms with Gasteiger partial charge in [-0.2, -0.15) is 0 Å². The minimum absolute atomic E-state index is 0.0577. The molecule has 1 atom stereocenters. The molecule has 1 rings (SSSR count). The number of rotatable bonds is 7. The monoisotopic (exact) mass is 292 g/mol. The number of methoxy groups -OCH3 is 1. The number of amides is 1. The number of carbonyl (C=O) groups excluding carboxylic acids is 1. The Bertz CT molecular complexity index is 461. The Morgan fingerprint density at radius 3 is 2.38 bits per heavy atom. The molecule has 0 radical (unpaired) electrons. The van der Waals surface area contributed by atoms with Gasteiger partial charge < -0.3 is 15.4 Å². The zero-order valence-corrected chi connectivity index (χ0v) is 13.8. The fraction of sp³-hybridized carbons (Fsp3) is 0.588. The molecule has 0 saturated carbocycles. The number of nitrogens with two attached hydrogens (primary N) is 1. The maximum Gasteiger partial charge on any atom is 0.230 e. The van der Waals surface area contributed by atoms with Crippen LogP contribution in [-0.4, -0.2) is 31.5 Å². The van der Waals surface area contributed by atoms with E-state index in [1.54, 1.807) is 12.0 Å². The maximum atomic E-state index is 12.9. The van der Waals surface area contributed by atoms with Crippen LogP contribution in [0.15, 0.2) is 24.3 Å². The lowest BCUT2D eigenvalue weighted by molar-refractivity contribution is -0.142. The quantitative estimate of drug-likeness (QED) is 0.840. The molecule has 4 heteroatoms. The first-order valence-corrected chi connectivity index (χ1v) is 7.57. The van der Waals surface area contributed by atoms with Gasteiger partial charge in [0.05, 0.1) is 18.6 Å². The van der Waals surface area contributed by atoms with Crippen molar-refractivity contribution >= 4 is 5.91 Å². The largest absolute Gasteiger partial charge is 0.496 e. The minimum atomic E-state index is -0.467. The highest BCUT2D eigenvalue weighted by molar-refractivity contribution is 5.83. The van der Waals surface area contributed by atoms with E-state index in [9.17, 15) is 4.79 Å². The van der Waals surface area contributed by atoms with E-state index in [0.29, 0.717) is 6.54 Å². The highest BCUT2D eigenvalue weighted by Crippen LogP contribution is 2.33. The third kappa shape index (κ3) is 3.38. The first kappa shape index (κ1) is 17.5. The van der Waals surface area contributed by atoms with Crippen molar-refractivity contribution in [2.24, 2.45) is 11.1 Å². The van der Waals surface area contributed by atoms with Crippen molar-refractivity contribution in [2.75, 3.05) is 20.7 Å². The topological polar surface area (TPSA) is 55.6 Å². The van der Waals surface area contributed by atoms with E-state index in [4.69, 9.17) is 10.5 Å². The van der Waals surface area contributed by atoms with Gasteiger partial charge in [0.15, 0.2) is 0 Å². The van der Waals surface area contributed by atoms with Crippen LogP contribution in [-0.2, 0) is 4.79 Å². The van der Waals surface area contributed by atoms with Crippen molar-refractivity contribution in [2.45, 2.75) is 39.7 Å². The number of carbonyl (C=O) groups is 1. The van der Waals surface area contributed by atoms with Gasteiger partial charge in [-0.15, -0.1) is 0 Å². The molecule has 1 aromatic carbocycles. The normalized spacial score (nSPS) is 12.9. The average molecular weight is 292 g/mol. The van der Waals surface area contributed by atoms with Gasteiger partial charge in [0.25, 0.3) is 0 Å². The maximum absolute atomic E-state index is 12.9. The fourth-order valence-corrected chi connectivity index (χ4v) is 2.70. The Morgan fingerprint density at radius 1 is 1.33 bits per heavy atom. The molecule has 0 bridgehead atoms. The van der Waals surface area contributed by atoms with Gasteiger partial charge in [-0.25, -0.2) is 0 Å². The standard InChI is InChI=1S/C17H28N2O2/c1-6-17(7-2,12-18)16(20)19(4)13(3)14-10-8-9-11-15(14)21-5/h8-11,13H,6-7,12,18H2,1-5H3. The van der Waals surface area contributed by atoms with Crippen LogP contribution >= 0.6 is 0 Å². The van der Waals surface area contributed by atoms with Gasteiger partial charge in [-0.05, 0) is 25.8 Å². The van der Waals surface area contributed by atoms with E-state index in [-0.39, 0.29) is 11.9 Å². The molecule has 0 aliphatic heterocycles. The van der Waals surface area contributed by atoms with E-state index < -0.39 is 5.41 Å². The molecule has 0 fully saturated rings. The second kappa shape index (κ2) is 7.46. The van der Waals surface area contributed by atoms with Crippen LogP contribution < -0.4 is 10.5 Å². The Balaban J connectivity index is 3.06. The van der Waals surface area contributed by atoms with E-state index in [1.165, 1.54) is 0 Å². The van der Waals surface area contributed by atoms with Gasteiger partial charge >= 0.3 is 0 Å². The van der Waals surface area contributed by atoms with Crippen LogP contribution in [0, 0.1) is 5.41 Å². The minimum Gasteiger partial charge on any atom is -0.496 e. The van der Waals surface area contributed by atoms with E-state index in [2.05, 4.69) is 0 Å². The SMILES string of the molecule is CCC(CC)(CN)C(=O)N(C)C(C)c1ccccc1OC. The van der Waals surface area contributed by atoms with Crippen LogP contribution in [0.5, 0.6) is 5.75 Å². The summed E-state index contributed by atoms with van der Waals surface area (Å²) in [5.41, 5.74) is 6.43. The Labute approximate surface area is 128 Å². The summed E-state index contributed by atoms with van der Waals surface area (Å²) in [4.78, 5) is 14.7. The van der Waals surface area contributed by atoms with Crippen molar-refractivity contribution in [3.8, 4) is 5.75 Å². The second-order valence-electron chi connectivity index (χ2n) is 5.53. The van der Waals surface area contributed by atoms with Crippen LogP contribution in [0.4, 0.5) is 0 Å². The van der Waals surface area contributed by atoms with Gasteiger partial charge in [0, 0.05) is 19.2 Å². The van der Waals surface area contributed by atoms with Gasteiger partial charge in [-0.1, -0.05) is 32.0 Å². The third-order valence-corrected chi connectivity index (χ3v) is 4.69. The Hall–Kier alpha value is -1.55. The molecule has 0 spiro atoms. The molecule has 2 N–H and O–H groups in total. The van der Waals surface area contributed by atoms with Crippen LogP contribution in [0.3, 0.4) is 0 Å². The lowest BCUT2D eigenvalue weighted by Gasteiger charge is -2.36. The predicted molar refractivity (Wildman–Crippen MR) is 86.2 cm³/mol. The molecule has 0 aromatic heterocycles. The molecule has 0 saturated heterocycles. The van der Waals surface area contributed by atoms with Crippen LogP contribution in [0.25, 0.3) is 0 Å². The lowest BCUT2D eigenvalue weighted by Crippen LogP contribution is -2.46. The summed E-state index contributed by atoms with van der Waals surface area (Å²) in [6, 6.07) is 7.74. The summed E-state index contributed by atoms with van der Waals surface area (Å²) in [7, 11) is 3.49. The van der Waals surface area contributed by atoms with Crippen molar-refractivity contribution in [1.82, 2.24) is 4.90 Å². The fourth-order valence-electron chi connectivity index (χ4n) is 2.70. The second-order valence-corrected chi connectivity index (χ2v) is 5.53. The molecule has 0 heterocycles. The van der Waals surface area contributed by atoms with Gasteiger partial charge in [0.2, 0.25) is 5.91 Å². The number of ether oxygens (including phenoxy) is 1. The molecule has 0 aliphatic rings. The molecule has 0 aliphatic carbocycles. The average Bonchev–Trinajstić information content (AvgIpc) is 2.55. The first-order valence-electron chi connectivity index (χ1n) is 7.57. The van der Waals surface area contributed by atoms with Crippen molar-refractivity contribution in [3.05, 3.63) is 29.8 Å². The highest BCUT2D eigenvalue weighted by atomic mass is 16.5. The van der Waals surface area contributed by atoms with Crippen LogP contribution in [0.2, 0.25) is 0 Å². The zero-order valence-electron chi connectivity index (χ0n) is 13.8. The zero-order chi connectivity index (χ0) is 16.0. The summed E-state index contributed by atoms with van der Waals surface area (Å²) in [5, 5.41) is 0.